The first-order valence-electron chi connectivity index (χ1n) is 9.62. The maximum Gasteiger partial charge on any atom is 0.101 e. The minimum Gasteiger partial charge on any atom is -0.192 e. The van der Waals surface area contributed by atoms with Gasteiger partial charge in [0.2, 0.25) is 0 Å². The maximum atomic E-state index is 9.61. The molecule has 0 atom stereocenters. The Morgan fingerprint density at radius 1 is 0.552 bits per heavy atom. The highest BCUT2D eigenvalue weighted by Gasteiger charge is 2.56. The van der Waals surface area contributed by atoms with Gasteiger partial charge in [-0.25, -0.2) is 0 Å². The van der Waals surface area contributed by atoms with Gasteiger partial charge in [0, 0.05) is 5.41 Å². The lowest BCUT2D eigenvalue weighted by atomic mass is 9.72. The van der Waals surface area contributed by atoms with Crippen LogP contribution in [0, 0.1) is 45.3 Å². The zero-order valence-electron chi connectivity index (χ0n) is 17.0. The van der Waals surface area contributed by atoms with Crippen LogP contribution in [-0.4, -0.2) is 0 Å². The molecule has 0 aliphatic heterocycles. The van der Waals surface area contributed by atoms with Crippen LogP contribution in [-0.2, 0) is 16.2 Å². The predicted octanol–water partition coefficient (Wildman–Crippen LogP) is 4.82. The SMILES string of the molecule is CC1(C)CC2(CC(C)(C)c3cc(C#N)c(C#N)cc32)c2cc(C#N)c(C#N)cc21. The average molecular weight is 376 g/mol. The van der Waals surface area contributed by atoms with Crippen LogP contribution in [0.25, 0.3) is 0 Å². The Morgan fingerprint density at radius 3 is 1.10 bits per heavy atom. The van der Waals surface area contributed by atoms with Crippen molar-refractivity contribution in [3.05, 3.63) is 68.8 Å². The van der Waals surface area contributed by atoms with E-state index in [2.05, 4.69) is 52.0 Å². The molecule has 0 amide bonds. The molecule has 2 aliphatic carbocycles. The van der Waals surface area contributed by atoms with Crippen LogP contribution in [0.3, 0.4) is 0 Å². The van der Waals surface area contributed by atoms with E-state index in [-0.39, 0.29) is 16.2 Å². The highest BCUT2D eigenvalue weighted by molar-refractivity contribution is 5.66. The van der Waals surface area contributed by atoms with Gasteiger partial charge in [0.05, 0.1) is 22.3 Å². The highest BCUT2D eigenvalue weighted by Crippen LogP contribution is 2.63. The van der Waals surface area contributed by atoms with E-state index in [1.807, 2.05) is 24.3 Å². The van der Waals surface area contributed by atoms with Gasteiger partial charge >= 0.3 is 0 Å². The molecule has 4 rings (SSSR count). The second-order valence-electron chi connectivity index (χ2n) is 9.54. The van der Waals surface area contributed by atoms with Crippen LogP contribution in [0.4, 0.5) is 0 Å². The fourth-order valence-electron chi connectivity index (χ4n) is 5.77. The second-order valence-corrected chi connectivity index (χ2v) is 9.54. The molecule has 0 unspecified atom stereocenters. The van der Waals surface area contributed by atoms with Crippen LogP contribution in [0.5, 0.6) is 0 Å². The third-order valence-electron chi connectivity index (χ3n) is 6.77. The molecule has 0 radical (unpaired) electrons. The summed E-state index contributed by atoms with van der Waals surface area (Å²) in [5.41, 5.74) is 5.28. The van der Waals surface area contributed by atoms with Crippen molar-refractivity contribution in [1.82, 2.24) is 0 Å². The van der Waals surface area contributed by atoms with Crippen LogP contribution in [0.15, 0.2) is 24.3 Å². The molecule has 0 saturated carbocycles. The van der Waals surface area contributed by atoms with E-state index in [0.717, 1.165) is 35.1 Å². The molecule has 4 heteroatoms. The van der Waals surface area contributed by atoms with Crippen molar-refractivity contribution >= 4 is 0 Å². The van der Waals surface area contributed by atoms with Gasteiger partial charge in [0.1, 0.15) is 24.3 Å². The largest absolute Gasteiger partial charge is 0.192 e. The first-order chi connectivity index (χ1) is 13.6. The number of nitriles is 4. The number of nitrogens with zero attached hydrogens (tertiary/aromatic N) is 4. The molecule has 2 aromatic carbocycles. The van der Waals surface area contributed by atoms with E-state index >= 15 is 0 Å². The van der Waals surface area contributed by atoms with Crippen molar-refractivity contribution in [2.75, 3.05) is 0 Å². The molecule has 1 spiro atoms. The molecular formula is C25H20N4. The zero-order chi connectivity index (χ0) is 21.2. The summed E-state index contributed by atoms with van der Waals surface area (Å²) in [7, 11) is 0. The third-order valence-corrected chi connectivity index (χ3v) is 6.77. The molecule has 2 aromatic rings. The third kappa shape index (κ3) is 2.34. The lowest BCUT2D eigenvalue weighted by Crippen LogP contribution is -2.27. The maximum absolute atomic E-state index is 9.61. The van der Waals surface area contributed by atoms with Gasteiger partial charge in [-0.15, -0.1) is 0 Å². The first kappa shape index (κ1) is 18.7. The number of benzene rings is 2. The van der Waals surface area contributed by atoms with Crippen LogP contribution in [0.1, 0.15) is 85.0 Å². The molecular weight excluding hydrogens is 356 g/mol. The minimum atomic E-state index is -0.336. The lowest BCUT2D eigenvalue weighted by molar-refractivity contribution is 0.349. The topological polar surface area (TPSA) is 95.2 Å². The summed E-state index contributed by atoms with van der Waals surface area (Å²) in [6.45, 7) is 8.70. The zero-order valence-corrected chi connectivity index (χ0v) is 17.0. The van der Waals surface area contributed by atoms with Crippen molar-refractivity contribution in [2.45, 2.75) is 56.8 Å². The monoisotopic (exact) mass is 376 g/mol. The van der Waals surface area contributed by atoms with Gasteiger partial charge in [0.25, 0.3) is 0 Å². The van der Waals surface area contributed by atoms with Gasteiger partial charge in [-0.05, 0) is 70.2 Å². The Hall–Kier alpha value is -3.60. The van der Waals surface area contributed by atoms with Crippen molar-refractivity contribution in [3.63, 3.8) is 0 Å². The quantitative estimate of drug-likeness (QED) is 0.658. The van der Waals surface area contributed by atoms with Crippen molar-refractivity contribution in [3.8, 4) is 24.3 Å². The molecule has 0 saturated heterocycles. The summed E-state index contributed by atoms with van der Waals surface area (Å²) in [4.78, 5) is 0. The fourth-order valence-corrected chi connectivity index (χ4v) is 5.77. The van der Waals surface area contributed by atoms with Gasteiger partial charge in [-0.1, -0.05) is 27.7 Å². The summed E-state index contributed by atoms with van der Waals surface area (Å²) in [5.74, 6) is 0. The fraction of sp³-hybridized carbons (Fsp3) is 0.360. The normalized spacial score (nSPS) is 18.8. The molecule has 0 bridgehead atoms. The molecule has 140 valence electrons. The Bertz CT molecular complexity index is 1150. The van der Waals surface area contributed by atoms with Crippen molar-refractivity contribution < 1.29 is 0 Å². The van der Waals surface area contributed by atoms with Crippen LogP contribution < -0.4 is 0 Å². The molecule has 0 fully saturated rings. The molecule has 2 aliphatic rings. The summed E-state index contributed by atoms with van der Waals surface area (Å²) < 4.78 is 0. The predicted molar refractivity (Wildman–Crippen MR) is 108 cm³/mol. The number of hydrogen-bond acceptors (Lipinski definition) is 4. The Labute approximate surface area is 171 Å². The number of hydrogen-bond donors (Lipinski definition) is 0. The Kier molecular flexibility index (Phi) is 3.69. The summed E-state index contributed by atoms with van der Waals surface area (Å²) >= 11 is 0. The van der Waals surface area contributed by atoms with E-state index in [4.69, 9.17) is 0 Å². The Morgan fingerprint density at radius 2 is 0.828 bits per heavy atom. The van der Waals surface area contributed by atoms with E-state index in [1.165, 1.54) is 0 Å². The summed E-state index contributed by atoms with van der Waals surface area (Å²) in [5, 5.41) is 38.2. The van der Waals surface area contributed by atoms with Gasteiger partial charge in [0.15, 0.2) is 0 Å². The summed E-state index contributed by atoms with van der Waals surface area (Å²) in [6, 6.07) is 16.2. The average Bonchev–Trinajstić information content (AvgIpc) is 3.04. The molecule has 0 aromatic heterocycles. The number of fused-ring (bicyclic) bond motifs is 4. The Balaban J connectivity index is 2.11. The van der Waals surface area contributed by atoms with Crippen molar-refractivity contribution in [1.29, 1.82) is 21.0 Å². The number of rotatable bonds is 0. The van der Waals surface area contributed by atoms with Gasteiger partial charge in [-0.3, -0.25) is 0 Å². The van der Waals surface area contributed by atoms with Crippen LogP contribution >= 0.6 is 0 Å². The standard InChI is InChI=1S/C25H20N4/c1-23(2)13-25(21-7-17(11-28)15(9-26)5-19(21)23)14-24(3,4)20-6-16(10-27)18(12-29)8-22(20)25/h5-8H,13-14H2,1-4H3. The van der Waals surface area contributed by atoms with E-state index in [9.17, 15) is 21.0 Å². The first-order valence-corrected chi connectivity index (χ1v) is 9.62. The lowest BCUT2D eigenvalue weighted by Gasteiger charge is -2.30. The molecule has 0 N–H and O–H groups in total. The minimum absolute atomic E-state index is 0.173. The molecule has 4 nitrogen and oxygen atoms in total. The highest BCUT2D eigenvalue weighted by atomic mass is 14.6. The van der Waals surface area contributed by atoms with Crippen LogP contribution in [0.2, 0.25) is 0 Å². The van der Waals surface area contributed by atoms with E-state index in [0.29, 0.717) is 22.3 Å². The molecule has 0 heterocycles. The summed E-state index contributed by atoms with van der Waals surface area (Å²) in [6.07, 6.45) is 1.67. The second kappa shape index (κ2) is 5.70. The van der Waals surface area contributed by atoms with E-state index in [1.54, 1.807) is 0 Å². The van der Waals surface area contributed by atoms with Crippen molar-refractivity contribution in [2.24, 2.45) is 0 Å². The molecule has 29 heavy (non-hydrogen) atoms. The smallest absolute Gasteiger partial charge is 0.101 e. The van der Waals surface area contributed by atoms with Gasteiger partial charge in [-0.2, -0.15) is 21.0 Å². The van der Waals surface area contributed by atoms with E-state index < -0.39 is 0 Å². The van der Waals surface area contributed by atoms with Gasteiger partial charge < -0.3 is 0 Å².